The zero-order valence-corrected chi connectivity index (χ0v) is 11.2. The van der Waals surface area contributed by atoms with Crippen LogP contribution in [0.1, 0.15) is 24.5 Å². The average Bonchev–Trinajstić information content (AvgIpc) is 2.37. The Kier molecular flexibility index (Phi) is 5.61. The van der Waals surface area contributed by atoms with Crippen molar-refractivity contribution in [3.05, 3.63) is 35.4 Å². The fourth-order valence-corrected chi connectivity index (χ4v) is 1.56. The van der Waals surface area contributed by atoms with Crippen molar-refractivity contribution < 1.29 is 27.4 Å². The van der Waals surface area contributed by atoms with Gasteiger partial charge in [-0.25, -0.2) is 0 Å². The van der Waals surface area contributed by atoms with Gasteiger partial charge in [0.25, 0.3) is 0 Å². The Balaban J connectivity index is 2.83. The molecule has 3 nitrogen and oxygen atoms in total. The van der Waals surface area contributed by atoms with Crippen molar-refractivity contribution in [1.29, 1.82) is 0 Å². The number of halogens is 3. The Morgan fingerprint density at radius 1 is 1.35 bits per heavy atom. The van der Waals surface area contributed by atoms with E-state index < -0.39 is 11.7 Å². The zero-order valence-electron chi connectivity index (χ0n) is 11.2. The molecule has 1 aromatic rings. The highest BCUT2D eigenvalue weighted by Gasteiger charge is 2.34. The average molecular weight is 288 g/mol. The maximum Gasteiger partial charge on any atom is 0.419 e. The van der Waals surface area contributed by atoms with Crippen LogP contribution >= 0.6 is 0 Å². The minimum absolute atomic E-state index is 0.0666. The maximum atomic E-state index is 12.7. The van der Waals surface area contributed by atoms with E-state index in [1.54, 1.807) is 13.0 Å². The van der Waals surface area contributed by atoms with Crippen LogP contribution < -0.4 is 4.74 Å². The molecular weight excluding hydrogens is 273 g/mol. The molecule has 0 saturated carbocycles. The fraction of sp³-hybridized carbons (Fsp3) is 0.357. The van der Waals surface area contributed by atoms with Crippen LogP contribution in [0.4, 0.5) is 13.2 Å². The van der Waals surface area contributed by atoms with E-state index in [9.17, 15) is 18.0 Å². The number of hydrogen-bond acceptors (Lipinski definition) is 3. The minimum Gasteiger partial charge on any atom is -0.496 e. The van der Waals surface area contributed by atoms with E-state index in [0.29, 0.717) is 12.2 Å². The molecule has 0 spiro atoms. The van der Waals surface area contributed by atoms with Crippen LogP contribution in [0.15, 0.2) is 24.3 Å². The van der Waals surface area contributed by atoms with Gasteiger partial charge in [-0.3, -0.25) is 4.79 Å². The van der Waals surface area contributed by atoms with Crippen molar-refractivity contribution in [2.75, 3.05) is 13.7 Å². The van der Waals surface area contributed by atoms with Crippen LogP contribution in [0.2, 0.25) is 0 Å². The molecule has 0 bridgehead atoms. The molecule has 1 aromatic carbocycles. The van der Waals surface area contributed by atoms with Crippen molar-refractivity contribution in [1.82, 2.24) is 0 Å². The Hall–Kier alpha value is -1.98. The summed E-state index contributed by atoms with van der Waals surface area (Å²) in [6.45, 7) is 1.99. The van der Waals surface area contributed by atoms with E-state index in [1.807, 2.05) is 0 Å². The van der Waals surface area contributed by atoms with Crippen LogP contribution in [-0.2, 0) is 15.7 Å². The number of rotatable bonds is 5. The smallest absolute Gasteiger partial charge is 0.419 e. The first-order chi connectivity index (χ1) is 9.38. The highest BCUT2D eigenvalue weighted by molar-refractivity contribution is 5.72. The molecule has 0 fully saturated rings. The third-order valence-corrected chi connectivity index (χ3v) is 2.43. The quantitative estimate of drug-likeness (QED) is 0.775. The summed E-state index contributed by atoms with van der Waals surface area (Å²) in [6.07, 6.45) is -1.32. The molecule has 0 aliphatic heterocycles. The summed E-state index contributed by atoms with van der Waals surface area (Å²) in [5.74, 6) is -0.640. The lowest BCUT2D eigenvalue weighted by Gasteiger charge is -2.12. The summed E-state index contributed by atoms with van der Waals surface area (Å²) in [7, 11) is 1.18. The van der Waals surface area contributed by atoms with E-state index in [2.05, 4.69) is 0 Å². The Morgan fingerprint density at radius 2 is 2.05 bits per heavy atom. The van der Waals surface area contributed by atoms with Gasteiger partial charge < -0.3 is 9.47 Å². The van der Waals surface area contributed by atoms with Crippen molar-refractivity contribution >= 4 is 12.0 Å². The zero-order chi connectivity index (χ0) is 15.2. The second-order valence-corrected chi connectivity index (χ2v) is 3.87. The lowest BCUT2D eigenvalue weighted by Crippen LogP contribution is -2.07. The van der Waals surface area contributed by atoms with Gasteiger partial charge in [0.15, 0.2) is 0 Å². The van der Waals surface area contributed by atoms with Crippen LogP contribution in [0, 0.1) is 0 Å². The summed E-state index contributed by atoms with van der Waals surface area (Å²) >= 11 is 0. The van der Waals surface area contributed by atoms with E-state index in [1.165, 1.54) is 25.3 Å². The summed E-state index contributed by atoms with van der Waals surface area (Å²) in [5, 5.41) is 0. The third kappa shape index (κ3) is 4.60. The number of benzene rings is 1. The molecule has 1 rings (SSSR count). The first-order valence-corrected chi connectivity index (χ1v) is 5.96. The Bertz CT molecular complexity index is 493. The monoisotopic (exact) mass is 288 g/mol. The molecule has 0 heterocycles. The first-order valence-electron chi connectivity index (χ1n) is 5.96. The molecule has 0 aliphatic rings. The lowest BCUT2D eigenvalue weighted by atomic mass is 10.1. The van der Waals surface area contributed by atoms with Crippen molar-refractivity contribution in [2.24, 2.45) is 0 Å². The van der Waals surface area contributed by atoms with Crippen molar-refractivity contribution in [2.45, 2.75) is 19.5 Å². The fourth-order valence-electron chi connectivity index (χ4n) is 1.56. The summed E-state index contributed by atoms with van der Waals surface area (Å²) in [4.78, 5) is 11.1. The number of alkyl halides is 3. The normalized spacial score (nSPS) is 11.7. The Labute approximate surface area is 115 Å². The molecular formula is C14H15F3O3. The second-order valence-electron chi connectivity index (χ2n) is 3.87. The molecule has 0 unspecified atom stereocenters. The van der Waals surface area contributed by atoms with Crippen molar-refractivity contribution in [3.8, 4) is 5.75 Å². The van der Waals surface area contributed by atoms with Gasteiger partial charge in [0.05, 0.1) is 25.7 Å². The highest BCUT2D eigenvalue weighted by Crippen LogP contribution is 2.36. The molecule has 110 valence electrons. The molecule has 0 atom stereocenters. The molecule has 0 aliphatic carbocycles. The maximum absolute atomic E-state index is 12.7. The van der Waals surface area contributed by atoms with Crippen LogP contribution in [0.3, 0.4) is 0 Å². The van der Waals surface area contributed by atoms with Gasteiger partial charge in [-0.1, -0.05) is 18.2 Å². The van der Waals surface area contributed by atoms with Gasteiger partial charge in [0, 0.05) is 0 Å². The van der Waals surface area contributed by atoms with E-state index in [0.717, 1.165) is 6.07 Å². The van der Waals surface area contributed by atoms with Gasteiger partial charge in [0.1, 0.15) is 5.75 Å². The lowest BCUT2D eigenvalue weighted by molar-refractivity contribution is -0.142. The molecule has 0 amide bonds. The Morgan fingerprint density at radius 3 is 2.60 bits per heavy atom. The first kappa shape index (κ1) is 16.1. The number of esters is 1. The number of ether oxygens (including phenoxy) is 2. The van der Waals surface area contributed by atoms with Crippen LogP contribution in [-0.4, -0.2) is 19.7 Å². The highest BCUT2D eigenvalue weighted by atomic mass is 19.4. The van der Waals surface area contributed by atoms with Gasteiger partial charge in [-0.2, -0.15) is 13.2 Å². The second kappa shape index (κ2) is 6.98. The standard InChI is InChI=1S/C14H15F3O3/c1-3-20-13(18)6-4-5-10-7-8-11(14(15,16)17)12(9-10)19-2/h4-5,7-9H,3,6H2,1-2H3. The van der Waals surface area contributed by atoms with E-state index in [-0.39, 0.29) is 18.1 Å². The molecule has 6 heteroatoms. The number of methoxy groups -OCH3 is 1. The topological polar surface area (TPSA) is 35.5 Å². The van der Waals surface area contributed by atoms with Gasteiger partial charge in [-0.15, -0.1) is 0 Å². The van der Waals surface area contributed by atoms with Crippen molar-refractivity contribution in [3.63, 3.8) is 0 Å². The predicted octanol–water partition coefficient (Wildman–Crippen LogP) is 3.68. The predicted molar refractivity (Wildman–Crippen MR) is 68.3 cm³/mol. The number of carbonyl (C=O) groups excluding carboxylic acids is 1. The van der Waals surface area contributed by atoms with Gasteiger partial charge >= 0.3 is 12.1 Å². The molecule has 0 aromatic heterocycles. The SMILES string of the molecule is CCOC(=O)CC=Cc1ccc(C(F)(F)F)c(OC)c1. The molecule has 0 radical (unpaired) electrons. The molecule has 20 heavy (non-hydrogen) atoms. The van der Waals surface area contributed by atoms with Gasteiger partial charge in [0.2, 0.25) is 0 Å². The minimum atomic E-state index is -4.46. The summed E-state index contributed by atoms with van der Waals surface area (Å²) in [5.41, 5.74) is -0.318. The number of carbonyl (C=O) groups is 1. The third-order valence-electron chi connectivity index (χ3n) is 2.43. The summed E-state index contributed by atoms with van der Waals surface area (Å²) in [6, 6.07) is 3.53. The summed E-state index contributed by atoms with van der Waals surface area (Å²) < 4.78 is 47.4. The van der Waals surface area contributed by atoms with E-state index >= 15 is 0 Å². The van der Waals surface area contributed by atoms with Gasteiger partial charge in [-0.05, 0) is 24.6 Å². The van der Waals surface area contributed by atoms with E-state index in [4.69, 9.17) is 9.47 Å². The largest absolute Gasteiger partial charge is 0.496 e. The molecule has 0 N–H and O–H groups in total. The number of hydrogen-bond donors (Lipinski definition) is 0. The molecule has 0 saturated heterocycles. The van der Waals surface area contributed by atoms with Crippen LogP contribution in [0.25, 0.3) is 6.08 Å². The van der Waals surface area contributed by atoms with Crippen LogP contribution in [0.5, 0.6) is 5.75 Å².